The first kappa shape index (κ1) is 14.8. The fraction of sp³-hybridized carbons (Fsp3) is 0.235. The van der Waals surface area contributed by atoms with Gasteiger partial charge in [0.25, 0.3) is 11.5 Å². The molecule has 0 fully saturated rings. The summed E-state index contributed by atoms with van der Waals surface area (Å²) in [4.78, 5) is 23.3. The Morgan fingerprint density at radius 2 is 1.96 bits per heavy atom. The smallest absolute Gasteiger partial charge is 0.280 e. The van der Waals surface area contributed by atoms with Crippen LogP contribution in [-0.4, -0.2) is 20.9 Å². The number of benzene rings is 2. The number of aliphatic hydroxyl groups is 2. The Morgan fingerprint density at radius 1 is 1.21 bits per heavy atom. The van der Waals surface area contributed by atoms with E-state index in [4.69, 9.17) is 4.74 Å². The molecule has 2 aromatic carbocycles. The highest BCUT2D eigenvalue weighted by Crippen LogP contribution is 2.59. The number of hydrogen-bond donors (Lipinski definition) is 2. The molecular formula is C17H13NO6. The summed E-state index contributed by atoms with van der Waals surface area (Å²) < 4.78 is 5.56. The van der Waals surface area contributed by atoms with Crippen LogP contribution < -0.4 is 4.74 Å². The maximum Gasteiger partial charge on any atom is 0.280 e. The molecule has 2 N–H and O–H groups in total. The predicted octanol–water partition coefficient (Wildman–Crippen LogP) is 1.78. The number of hydrogen-bond acceptors (Lipinski definition) is 6. The summed E-state index contributed by atoms with van der Waals surface area (Å²) in [7, 11) is 0. The summed E-state index contributed by atoms with van der Waals surface area (Å²) in [5, 5.41) is 33.3. The Kier molecular flexibility index (Phi) is 2.71. The third-order valence-corrected chi connectivity index (χ3v) is 4.75. The molecule has 7 heteroatoms. The average molecular weight is 327 g/mol. The van der Waals surface area contributed by atoms with Crippen LogP contribution in [0.2, 0.25) is 0 Å². The van der Waals surface area contributed by atoms with Crippen molar-refractivity contribution in [1.29, 1.82) is 0 Å². The van der Waals surface area contributed by atoms with Gasteiger partial charge in [-0.05, 0) is 18.1 Å². The SMILES string of the molecule is CCc1ccc2c(c1)OC1(O)c3cccc([N+](=O)[O-])c3C(=O)C21O. The molecule has 1 heterocycles. The molecule has 0 bridgehead atoms. The van der Waals surface area contributed by atoms with E-state index in [0.717, 1.165) is 11.6 Å². The van der Waals surface area contributed by atoms with E-state index in [1.807, 2.05) is 6.92 Å². The minimum absolute atomic E-state index is 0.0987. The molecule has 122 valence electrons. The van der Waals surface area contributed by atoms with Gasteiger partial charge in [-0.2, -0.15) is 0 Å². The van der Waals surface area contributed by atoms with Gasteiger partial charge in [0, 0.05) is 17.2 Å². The molecule has 2 atom stereocenters. The first-order valence-corrected chi connectivity index (χ1v) is 7.44. The number of nitro groups is 1. The highest BCUT2D eigenvalue weighted by atomic mass is 16.7. The third kappa shape index (κ3) is 1.46. The number of rotatable bonds is 2. The zero-order valence-electron chi connectivity index (χ0n) is 12.6. The van der Waals surface area contributed by atoms with E-state index in [2.05, 4.69) is 0 Å². The van der Waals surface area contributed by atoms with Crippen molar-refractivity contribution in [2.45, 2.75) is 24.7 Å². The number of ketones is 1. The number of nitro benzene ring substituents is 1. The standard InChI is InChI=1S/C17H13NO6/c1-2-9-6-7-10-13(8-9)24-17(21)11-4-3-5-12(18(22)23)14(11)15(19)16(10,17)20/h3-8,20-21H,2H2,1H3. The van der Waals surface area contributed by atoms with Crippen LogP contribution in [0.1, 0.15) is 34.0 Å². The maximum atomic E-state index is 12.9. The molecule has 4 rings (SSSR count). The monoisotopic (exact) mass is 327 g/mol. The van der Waals surface area contributed by atoms with Crippen molar-refractivity contribution >= 4 is 11.5 Å². The average Bonchev–Trinajstić information content (AvgIpc) is 2.90. The molecule has 2 aromatic rings. The van der Waals surface area contributed by atoms with Gasteiger partial charge in [0.2, 0.25) is 11.4 Å². The van der Waals surface area contributed by atoms with Gasteiger partial charge in [-0.1, -0.05) is 31.2 Å². The van der Waals surface area contributed by atoms with Crippen LogP contribution in [-0.2, 0) is 17.8 Å². The van der Waals surface area contributed by atoms with Gasteiger partial charge in [-0.15, -0.1) is 0 Å². The highest BCUT2D eigenvalue weighted by molar-refractivity contribution is 6.12. The molecular weight excluding hydrogens is 314 g/mol. The van der Waals surface area contributed by atoms with Crippen LogP contribution in [0.25, 0.3) is 0 Å². The molecule has 2 aliphatic rings. The Balaban J connectivity index is 2.01. The summed E-state index contributed by atoms with van der Waals surface area (Å²) >= 11 is 0. The lowest BCUT2D eigenvalue weighted by Crippen LogP contribution is -2.48. The molecule has 7 nitrogen and oxygen atoms in total. The summed E-state index contributed by atoms with van der Waals surface area (Å²) in [5.41, 5.74) is -2.27. The molecule has 0 spiro atoms. The van der Waals surface area contributed by atoms with Gasteiger partial charge in [0.05, 0.1) is 4.92 Å². The fourth-order valence-electron chi connectivity index (χ4n) is 3.51. The number of nitrogens with zero attached hydrogens (tertiary/aromatic N) is 1. The van der Waals surface area contributed by atoms with E-state index in [0.29, 0.717) is 6.42 Å². The molecule has 1 aliphatic carbocycles. The second-order valence-corrected chi connectivity index (χ2v) is 5.93. The molecule has 0 aromatic heterocycles. The number of fused-ring (bicyclic) bond motifs is 5. The summed E-state index contributed by atoms with van der Waals surface area (Å²) in [6.45, 7) is 1.94. The van der Waals surface area contributed by atoms with Gasteiger partial charge in [0.1, 0.15) is 11.3 Å². The summed E-state index contributed by atoms with van der Waals surface area (Å²) in [6, 6.07) is 8.74. The summed E-state index contributed by atoms with van der Waals surface area (Å²) in [6.07, 6.45) is 0.712. The molecule has 24 heavy (non-hydrogen) atoms. The number of carbonyl (C=O) groups excluding carboxylic acids is 1. The van der Waals surface area contributed by atoms with Crippen molar-refractivity contribution in [3.63, 3.8) is 0 Å². The predicted molar refractivity (Wildman–Crippen MR) is 81.7 cm³/mol. The lowest BCUT2D eigenvalue weighted by Gasteiger charge is -2.28. The van der Waals surface area contributed by atoms with Crippen molar-refractivity contribution in [3.05, 3.63) is 68.8 Å². The van der Waals surface area contributed by atoms with Crippen LogP contribution in [0.4, 0.5) is 5.69 Å². The van der Waals surface area contributed by atoms with Crippen molar-refractivity contribution < 1.29 is 24.7 Å². The van der Waals surface area contributed by atoms with Crippen molar-refractivity contribution in [1.82, 2.24) is 0 Å². The second kappa shape index (κ2) is 4.40. The fourth-order valence-corrected chi connectivity index (χ4v) is 3.51. The van der Waals surface area contributed by atoms with E-state index in [9.17, 15) is 25.1 Å². The normalized spacial score (nSPS) is 26.5. The number of carbonyl (C=O) groups is 1. The zero-order valence-corrected chi connectivity index (χ0v) is 12.6. The zero-order chi connectivity index (χ0) is 17.3. The molecule has 0 saturated carbocycles. The maximum absolute atomic E-state index is 12.9. The number of aryl methyl sites for hydroxylation is 1. The van der Waals surface area contributed by atoms with Crippen LogP contribution in [0.3, 0.4) is 0 Å². The van der Waals surface area contributed by atoms with Crippen LogP contribution in [0.5, 0.6) is 5.75 Å². The van der Waals surface area contributed by atoms with Gasteiger partial charge in [-0.25, -0.2) is 0 Å². The molecule has 0 amide bonds. The Hall–Kier alpha value is -2.77. The molecule has 0 radical (unpaired) electrons. The van der Waals surface area contributed by atoms with E-state index in [1.165, 1.54) is 18.2 Å². The second-order valence-electron chi connectivity index (χ2n) is 5.93. The van der Waals surface area contributed by atoms with Crippen molar-refractivity contribution in [2.24, 2.45) is 0 Å². The first-order valence-electron chi connectivity index (χ1n) is 7.44. The molecule has 0 saturated heterocycles. The summed E-state index contributed by atoms with van der Waals surface area (Å²) in [5.74, 6) is -3.11. The van der Waals surface area contributed by atoms with Crippen molar-refractivity contribution in [3.8, 4) is 5.75 Å². The number of ether oxygens (including phenoxy) is 1. The van der Waals surface area contributed by atoms with Crippen LogP contribution >= 0.6 is 0 Å². The van der Waals surface area contributed by atoms with Gasteiger partial charge < -0.3 is 14.9 Å². The third-order valence-electron chi connectivity index (χ3n) is 4.75. The van der Waals surface area contributed by atoms with E-state index in [-0.39, 0.29) is 22.4 Å². The largest absolute Gasteiger partial charge is 0.454 e. The lowest BCUT2D eigenvalue weighted by atomic mass is 9.86. The van der Waals surface area contributed by atoms with Crippen LogP contribution in [0.15, 0.2) is 36.4 Å². The Morgan fingerprint density at radius 3 is 2.62 bits per heavy atom. The van der Waals surface area contributed by atoms with Crippen LogP contribution in [0, 0.1) is 10.1 Å². The minimum Gasteiger partial charge on any atom is -0.454 e. The Bertz CT molecular complexity index is 923. The molecule has 1 aliphatic heterocycles. The minimum atomic E-state index is -2.40. The van der Waals surface area contributed by atoms with Crippen molar-refractivity contribution in [2.75, 3.05) is 0 Å². The van der Waals surface area contributed by atoms with Gasteiger partial charge in [0.15, 0.2) is 0 Å². The lowest BCUT2D eigenvalue weighted by molar-refractivity contribution is -0.385. The quantitative estimate of drug-likeness (QED) is 0.642. The Labute approximate surface area is 136 Å². The number of Topliss-reactive ketones (excluding diaryl/α,β-unsaturated/α-hetero) is 1. The highest BCUT2D eigenvalue weighted by Gasteiger charge is 2.71. The topological polar surface area (TPSA) is 110 Å². The molecule has 2 unspecified atom stereocenters. The van der Waals surface area contributed by atoms with E-state index in [1.54, 1.807) is 12.1 Å². The van der Waals surface area contributed by atoms with E-state index >= 15 is 0 Å². The van der Waals surface area contributed by atoms with E-state index < -0.39 is 27.8 Å². The first-order chi connectivity index (χ1) is 11.3. The van der Waals surface area contributed by atoms with Gasteiger partial charge >= 0.3 is 0 Å². The van der Waals surface area contributed by atoms with Gasteiger partial charge in [-0.3, -0.25) is 14.9 Å².